The largest absolute Gasteiger partial charge is 0.467 e. The average Bonchev–Trinajstić information content (AvgIpc) is 2.72. The third-order valence-electron chi connectivity index (χ3n) is 4.60. The SMILES string of the molecule is COC(=O)[C@H](CCCc1ccccc1)NC(=O)c1ccc2ccccc2c1. The number of benzene rings is 3. The highest BCUT2D eigenvalue weighted by atomic mass is 16.5. The van der Waals surface area contributed by atoms with Gasteiger partial charge < -0.3 is 10.1 Å². The number of aryl methyl sites for hydroxylation is 1. The lowest BCUT2D eigenvalue weighted by atomic mass is 10.0. The number of esters is 1. The molecule has 3 aromatic carbocycles. The molecule has 0 fully saturated rings. The Morgan fingerprint density at radius 2 is 1.63 bits per heavy atom. The maximum absolute atomic E-state index is 12.6. The van der Waals surface area contributed by atoms with Gasteiger partial charge in [0.25, 0.3) is 5.91 Å². The molecular weight excluding hydrogens is 338 g/mol. The van der Waals surface area contributed by atoms with Crippen LogP contribution in [0.25, 0.3) is 10.8 Å². The first-order valence-corrected chi connectivity index (χ1v) is 9.09. The highest BCUT2D eigenvalue weighted by molar-refractivity contribution is 6.00. The lowest BCUT2D eigenvalue weighted by molar-refractivity contribution is -0.143. The molecule has 0 heterocycles. The van der Waals surface area contributed by atoms with E-state index in [2.05, 4.69) is 17.4 Å². The van der Waals surface area contributed by atoms with E-state index >= 15 is 0 Å². The van der Waals surface area contributed by atoms with Gasteiger partial charge in [-0.25, -0.2) is 4.79 Å². The second-order valence-electron chi connectivity index (χ2n) is 6.49. The molecule has 0 bridgehead atoms. The van der Waals surface area contributed by atoms with E-state index in [0.29, 0.717) is 12.0 Å². The third kappa shape index (κ3) is 4.94. The van der Waals surface area contributed by atoms with Gasteiger partial charge in [0.05, 0.1) is 7.11 Å². The number of hydrogen-bond donors (Lipinski definition) is 1. The Bertz CT molecular complexity index is 921. The van der Waals surface area contributed by atoms with E-state index < -0.39 is 12.0 Å². The lowest BCUT2D eigenvalue weighted by Gasteiger charge is -2.17. The van der Waals surface area contributed by atoms with Crippen LogP contribution < -0.4 is 5.32 Å². The molecule has 27 heavy (non-hydrogen) atoms. The Labute approximate surface area is 159 Å². The Hall–Kier alpha value is -3.14. The molecule has 0 radical (unpaired) electrons. The van der Waals surface area contributed by atoms with Crippen molar-refractivity contribution in [1.82, 2.24) is 5.32 Å². The maximum Gasteiger partial charge on any atom is 0.328 e. The number of ether oxygens (including phenoxy) is 1. The molecule has 1 amide bonds. The Morgan fingerprint density at radius 1 is 0.926 bits per heavy atom. The summed E-state index contributed by atoms with van der Waals surface area (Å²) in [6, 6.07) is 22.8. The fourth-order valence-electron chi connectivity index (χ4n) is 3.12. The number of methoxy groups -OCH3 is 1. The molecule has 4 nitrogen and oxygen atoms in total. The minimum atomic E-state index is -0.655. The van der Waals surface area contributed by atoms with Crippen molar-refractivity contribution < 1.29 is 14.3 Å². The molecule has 0 aliphatic rings. The van der Waals surface area contributed by atoms with E-state index in [1.54, 1.807) is 6.07 Å². The Kier molecular flexibility index (Phi) is 6.21. The van der Waals surface area contributed by atoms with Gasteiger partial charge in [-0.3, -0.25) is 4.79 Å². The minimum Gasteiger partial charge on any atom is -0.467 e. The first kappa shape index (κ1) is 18.6. The monoisotopic (exact) mass is 361 g/mol. The molecular formula is C23H23NO3. The van der Waals surface area contributed by atoms with Crippen LogP contribution in [0.1, 0.15) is 28.8 Å². The number of carbonyl (C=O) groups excluding carboxylic acids is 2. The smallest absolute Gasteiger partial charge is 0.328 e. The normalized spacial score (nSPS) is 11.7. The summed E-state index contributed by atoms with van der Waals surface area (Å²) in [6.45, 7) is 0. The Balaban J connectivity index is 1.65. The van der Waals surface area contributed by atoms with Crippen LogP contribution in [0.3, 0.4) is 0 Å². The zero-order chi connectivity index (χ0) is 19.1. The summed E-state index contributed by atoms with van der Waals surface area (Å²) >= 11 is 0. The average molecular weight is 361 g/mol. The van der Waals surface area contributed by atoms with Crippen molar-refractivity contribution in [3.63, 3.8) is 0 Å². The van der Waals surface area contributed by atoms with Gasteiger partial charge in [-0.1, -0.05) is 60.7 Å². The predicted octanol–water partition coefficient (Wildman–Crippen LogP) is 4.13. The van der Waals surface area contributed by atoms with Crippen LogP contribution in [-0.4, -0.2) is 25.0 Å². The van der Waals surface area contributed by atoms with Crippen LogP contribution in [0.2, 0.25) is 0 Å². The second-order valence-corrected chi connectivity index (χ2v) is 6.49. The summed E-state index contributed by atoms with van der Waals surface area (Å²) in [5.41, 5.74) is 1.74. The number of rotatable bonds is 7. The van der Waals surface area contributed by atoms with E-state index in [1.165, 1.54) is 12.7 Å². The highest BCUT2D eigenvalue weighted by Gasteiger charge is 2.21. The molecule has 0 saturated heterocycles. The first-order valence-electron chi connectivity index (χ1n) is 9.09. The molecule has 0 aliphatic heterocycles. The molecule has 3 aromatic rings. The molecule has 138 valence electrons. The van der Waals surface area contributed by atoms with Crippen molar-refractivity contribution in [2.75, 3.05) is 7.11 Å². The standard InChI is InChI=1S/C23H23NO3/c1-27-23(26)21(13-7-10-17-8-3-2-4-9-17)24-22(25)20-15-14-18-11-5-6-12-19(18)16-20/h2-6,8-9,11-12,14-16,21H,7,10,13H2,1H3,(H,24,25)/t21-/m0/s1. The van der Waals surface area contributed by atoms with Gasteiger partial charge >= 0.3 is 5.97 Å². The van der Waals surface area contributed by atoms with Crippen LogP contribution >= 0.6 is 0 Å². The molecule has 1 atom stereocenters. The number of amides is 1. The van der Waals surface area contributed by atoms with Crippen LogP contribution in [0.5, 0.6) is 0 Å². The summed E-state index contributed by atoms with van der Waals surface area (Å²) < 4.78 is 4.87. The number of carbonyl (C=O) groups is 2. The Morgan fingerprint density at radius 3 is 2.37 bits per heavy atom. The molecule has 0 unspecified atom stereocenters. The van der Waals surface area contributed by atoms with Gasteiger partial charge in [-0.2, -0.15) is 0 Å². The summed E-state index contributed by atoms with van der Waals surface area (Å²) in [5, 5.41) is 4.88. The van der Waals surface area contributed by atoms with Crippen molar-refractivity contribution in [3.05, 3.63) is 83.9 Å². The van der Waals surface area contributed by atoms with Crippen molar-refractivity contribution in [1.29, 1.82) is 0 Å². The molecule has 3 rings (SSSR count). The van der Waals surface area contributed by atoms with Crippen LogP contribution in [0, 0.1) is 0 Å². The van der Waals surface area contributed by atoms with E-state index in [0.717, 1.165) is 23.6 Å². The molecule has 0 aromatic heterocycles. The summed E-state index contributed by atoms with van der Waals surface area (Å²) in [6.07, 6.45) is 2.16. The van der Waals surface area contributed by atoms with Gasteiger partial charge in [0, 0.05) is 5.56 Å². The second kappa shape index (κ2) is 8.99. The third-order valence-corrected chi connectivity index (χ3v) is 4.60. The van der Waals surface area contributed by atoms with Gasteiger partial charge in [-0.15, -0.1) is 0 Å². The fourth-order valence-corrected chi connectivity index (χ4v) is 3.12. The van der Waals surface area contributed by atoms with Gasteiger partial charge in [0.15, 0.2) is 0 Å². The molecule has 1 N–H and O–H groups in total. The van der Waals surface area contributed by atoms with Crippen LogP contribution in [0.4, 0.5) is 0 Å². The van der Waals surface area contributed by atoms with Crippen molar-refractivity contribution in [2.45, 2.75) is 25.3 Å². The zero-order valence-electron chi connectivity index (χ0n) is 15.4. The number of hydrogen-bond acceptors (Lipinski definition) is 3. The maximum atomic E-state index is 12.6. The van der Waals surface area contributed by atoms with Crippen molar-refractivity contribution in [3.8, 4) is 0 Å². The van der Waals surface area contributed by atoms with Gasteiger partial charge in [-0.05, 0) is 47.7 Å². The van der Waals surface area contributed by atoms with E-state index in [1.807, 2.05) is 54.6 Å². The number of fused-ring (bicyclic) bond motifs is 1. The summed E-state index contributed by atoms with van der Waals surface area (Å²) in [5.74, 6) is -0.687. The van der Waals surface area contributed by atoms with Crippen molar-refractivity contribution in [2.24, 2.45) is 0 Å². The van der Waals surface area contributed by atoms with Gasteiger partial charge in [0.2, 0.25) is 0 Å². The molecule has 0 aliphatic carbocycles. The first-order chi connectivity index (χ1) is 13.2. The predicted molar refractivity (Wildman–Crippen MR) is 107 cm³/mol. The summed E-state index contributed by atoms with van der Waals surface area (Å²) in [4.78, 5) is 24.7. The summed E-state index contributed by atoms with van der Waals surface area (Å²) in [7, 11) is 1.34. The minimum absolute atomic E-state index is 0.268. The van der Waals surface area contributed by atoms with E-state index in [-0.39, 0.29) is 5.91 Å². The highest BCUT2D eigenvalue weighted by Crippen LogP contribution is 2.16. The number of nitrogens with one attached hydrogen (secondary N) is 1. The quantitative estimate of drug-likeness (QED) is 0.644. The molecule has 4 heteroatoms. The van der Waals surface area contributed by atoms with Gasteiger partial charge in [0.1, 0.15) is 6.04 Å². The molecule has 0 saturated carbocycles. The zero-order valence-corrected chi connectivity index (χ0v) is 15.4. The molecule has 0 spiro atoms. The topological polar surface area (TPSA) is 55.4 Å². The lowest BCUT2D eigenvalue weighted by Crippen LogP contribution is -2.41. The fraction of sp³-hybridized carbons (Fsp3) is 0.217. The van der Waals surface area contributed by atoms with Crippen LogP contribution in [0.15, 0.2) is 72.8 Å². The van der Waals surface area contributed by atoms with E-state index in [9.17, 15) is 9.59 Å². The van der Waals surface area contributed by atoms with Crippen LogP contribution in [-0.2, 0) is 16.0 Å². The van der Waals surface area contributed by atoms with E-state index in [4.69, 9.17) is 4.74 Å². The van der Waals surface area contributed by atoms with Crippen molar-refractivity contribution >= 4 is 22.6 Å².